The van der Waals surface area contributed by atoms with Crippen LogP contribution in [0.1, 0.15) is 18.4 Å². The molecule has 188 valence electrons. The molecule has 1 aromatic carbocycles. The minimum Gasteiger partial charge on any atom is -0.467 e. The number of rotatable bonds is 9. The Morgan fingerprint density at radius 3 is 2.80 bits per heavy atom. The van der Waals surface area contributed by atoms with Gasteiger partial charge in [-0.15, -0.1) is 10.2 Å². The zero-order valence-electron chi connectivity index (χ0n) is 18.3. The van der Waals surface area contributed by atoms with Crippen molar-refractivity contribution in [2.24, 2.45) is 0 Å². The van der Waals surface area contributed by atoms with Gasteiger partial charge in [-0.05, 0) is 49.7 Å². The van der Waals surface area contributed by atoms with Crippen LogP contribution in [0.15, 0.2) is 36.5 Å². The van der Waals surface area contributed by atoms with Crippen molar-refractivity contribution in [3.8, 4) is 17.0 Å². The number of halogens is 5. The lowest BCUT2D eigenvalue weighted by atomic mass is 10.1. The first-order valence-electron chi connectivity index (χ1n) is 10.8. The number of piperidine rings is 1. The molecular weight excluding hydrogens is 477 g/mol. The monoisotopic (exact) mass is 499 g/mol. The van der Waals surface area contributed by atoms with Crippen molar-refractivity contribution in [3.05, 3.63) is 42.1 Å². The molecular formula is C22H22F5N5O3. The molecule has 0 amide bonds. The lowest BCUT2D eigenvalue weighted by Gasteiger charge is -2.33. The van der Waals surface area contributed by atoms with E-state index in [1.165, 1.54) is 0 Å². The van der Waals surface area contributed by atoms with Crippen molar-refractivity contribution in [3.63, 3.8) is 0 Å². The number of aromatic nitrogens is 3. The summed E-state index contributed by atoms with van der Waals surface area (Å²) in [6, 6.07) is 5.73. The second kappa shape index (κ2) is 10.4. The summed E-state index contributed by atoms with van der Waals surface area (Å²) in [4.78, 5) is 12.5. The summed E-state index contributed by atoms with van der Waals surface area (Å²) in [6.45, 7) is -0.470. The normalized spacial score (nSPS) is 17.0. The highest BCUT2D eigenvalue weighted by atomic mass is 19.4. The molecule has 0 radical (unpaired) electrons. The van der Waals surface area contributed by atoms with Gasteiger partial charge < -0.3 is 14.8 Å². The van der Waals surface area contributed by atoms with Crippen molar-refractivity contribution in [2.75, 3.05) is 31.6 Å². The predicted octanol–water partition coefficient (Wildman–Crippen LogP) is 4.07. The number of carbonyl (C=O) groups excluding carboxylic acids is 1. The lowest BCUT2D eigenvalue weighted by molar-refractivity contribution is -0.138. The van der Waals surface area contributed by atoms with Gasteiger partial charge in [0, 0.05) is 30.9 Å². The van der Waals surface area contributed by atoms with Crippen LogP contribution >= 0.6 is 0 Å². The van der Waals surface area contributed by atoms with Gasteiger partial charge in [-0.25, -0.2) is 0 Å². The number of nitrogens with zero attached hydrogens (tertiary/aromatic N) is 4. The van der Waals surface area contributed by atoms with Crippen LogP contribution in [-0.2, 0) is 15.7 Å². The Bertz CT molecular complexity index is 1170. The van der Waals surface area contributed by atoms with Crippen LogP contribution in [0.4, 0.5) is 27.9 Å². The lowest BCUT2D eigenvalue weighted by Crippen LogP contribution is -2.43. The number of hydrogen-bond donors (Lipinski definition) is 1. The molecule has 0 bridgehead atoms. The first kappa shape index (κ1) is 24.6. The first-order chi connectivity index (χ1) is 16.8. The van der Waals surface area contributed by atoms with Gasteiger partial charge in [-0.3, -0.25) is 14.1 Å². The number of anilines is 1. The second-order valence-corrected chi connectivity index (χ2v) is 7.97. The van der Waals surface area contributed by atoms with E-state index in [0.717, 1.165) is 31.5 Å². The van der Waals surface area contributed by atoms with E-state index in [9.17, 15) is 26.7 Å². The van der Waals surface area contributed by atoms with E-state index in [-0.39, 0.29) is 17.3 Å². The summed E-state index contributed by atoms with van der Waals surface area (Å²) in [6.07, 6.45) is -1.26. The summed E-state index contributed by atoms with van der Waals surface area (Å²) in [5, 5.41) is 11.7. The zero-order chi connectivity index (χ0) is 25.0. The Morgan fingerprint density at radius 2 is 2.06 bits per heavy atom. The number of hydrogen-bond acceptors (Lipinski definition) is 7. The predicted molar refractivity (Wildman–Crippen MR) is 115 cm³/mol. The molecule has 0 unspecified atom stereocenters. The van der Waals surface area contributed by atoms with Crippen molar-refractivity contribution in [1.29, 1.82) is 0 Å². The Balaban J connectivity index is 1.62. The topological polar surface area (TPSA) is 81.0 Å². The third-order valence-corrected chi connectivity index (χ3v) is 5.68. The third-order valence-electron chi connectivity index (χ3n) is 5.68. The largest absolute Gasteiger partial charge is 0.467 e. The van der Waals surface area contributed by atoms with Crippen LogP contribution in [0.25, 0.3) is 16.8 Å². The number of alkyl halides is 5. The molecule has 0 saturated carbocycles. The number of likely N-dealkylation sites (tertiary alicyclic amines) is 1. The van der Waals surface area contributed by atoms with Crippen molar-refractivity contribution < 1.29 is 36.2 Å². The van der Waals surface area contributed by atoms with Crippen LogP contribution in [0, 0.1) is 0 Å². The quantitative estimate of drug-likeness (QED) is 0.270. The molecule has 1 aliphatic heterocycles. The molecule has 0 aliphatic carbocycles. The summed E-state index contributed by atoms with van der Waals surface area (Å²) in [5.41, 5.74) is -0.607. The molecule has 35 heavy (non-hydrogen) atoms. The van der Waals surface area contributed by atoms with Gasteiger partial charge in [0.2, 0.25) is 5.95 Å². The smallest absolute Gasteiger partial charge is 0.416 e. The average molecular weight is 499 g/mol. The molecule has 0 spiro atoms. The van der Waals surface area contributed by atoms with Crippen LogP contribution < -0.4 is 10.1 Å². The summed E-state index contributed by atoms with van der Waals surface area (Å²) < 4.78 is 76.1. The van der Waals surface area contributed by atoms with Crippen LogP contribution in [0.5, 0.6) is 5.75 Å². The summed E-state index contributed by atoms with van der Waals surface area (Å²) >= 11 is 0. The van der Waals surface area contributed by atoms with Crippen LogP contribution in [-0.4, -0.2) is 64.9 Å². The Labute approximate surface area is 196 Å². The van der Waals surface area contributed by atoms with Crippen molar-refractivity contribution in [1.82, 2.24) is 19.5 Å². The number of carbonyl (C=O) groups is 1. The van der Waals surface area contributed by atoms with Gasteiger partial charge >= 0.3 is 12.8 Å². The minimum atomic E-state index is -4.73. The zero-order valence-corrected chi connectivity index (χ0v) is 18.3. The van der Waals surface area contributed by atoms with E-state index < -0.39 is 24.1 Å². The Morgan fingerprint density at radius 1 is 1.23 bits per heavy atom. The maximum atomic E-state index is 13.1. The Hall–Kier alpha value is -3.48. The highest BCUT2D eigenvalue weighted by molar-refractivity contribution is 5.81. The molecule has 1 saturated heterocycles. The van der Waals surface area contributed by atoms with E-state index in [0.29, 0.717) is 43.7 Å². The molecule has 3 aromatic rings. The van der Waals surface area contributed by atoms with Crippen LogP contribution in [0.3, 0.4) is 0 Å². The van der Waals surface area contributed by atoms with Crippen molar-refractivity contribution >= 4 is 17.9 Å². The van der Waals surface area contributed by atoms with E-state index >= 15 is 0 Å². The van der Waals surface area contributed by atoms with E-state index in [1.54, 1.807) is 22.7 Å². The molecule has 3 heterocycles. The van der Waals surface area contributed by atoms with Crippen LogP contribution in [0.2, 0.25) is 0 Å². The highest BCUT2D eigenvalue weighted by Crippen LogP contribution is 2.38. The van der Waals surface area contributed by atoms with Crippen molar-refractivity contribution in [2.45, 2.75) is 31.7 Å². The van der Waals surface area contributed by atoms with Gasteiger partial charge in [-0.1, -0.05) is 0 Å². The molecule has 1 fully saturated rings. The van der Waals surface area contributed by atoms with E-state index in [4.69, 9.17) is 4.74 Å². The third kappa shape index (κ3) is 5.78. The van der Waals surface area contributed by atoms with Gasteiger partial charge in [0.25, 0.3) is 6.47 Å². The molecule has 8 nitrogen and oxygen atoms in total. The van der Waals surface area contributed by atoms with Gasteiger partial charge in [0.1, 0.15) is 18.1 Å². The SMILES string of the molecule is O=COCCN1CCC[C@@H](Nc2nnc(-c3ccc(C(F)(F)F)cc3OC(F)F)c3cccn23)C1. The highest BCUT2D eigenvalue weighted by Gasteiger charge is 2.32. The minimum absolute atomic E-state index is 0.0227. The maximum Gasteiger partial charge on any atom is 0.416 e. The molecule has 4 rings (SSSR count). The first-order valence-corrected chi connectivity index (χ1v) is 10.8. The second-order valence-electron chi connectivity index (χ2n) is 7.97. The standard InChI is InChI=1S/C22H22F5N5O3/c23-20(24)35-18-11-14(22(25,26)27)5-6-16(18)19-17-4-2-8-32(17)21(30-29-19)28-15-3-1-7-31(12-15)9-10-34-13-33/h2,4-6,8,11,13,15,20H,1,3,7,9-10,12H2,(H,28,30)/t15-/m1/s1. The van der Waals surface area contributed by atoms with Gasteiger partial charge in [0.05, 0.1) is 11.1 Å². The number of nitrogens with one attached hydrogen (secondary N) is 1. The molecule has 2 aromatic heterocycles. The number of fused-ring (bicyclic) bond motifs is 1. The Kier molecular flexibility index (Phi) is 7.34. The fraction of sp³-hybridized carbons (Fsp3) is 0.409. The molecule has 13 heteroatoms. The molecule has 1 atom stereocenters. The summed E-state index contributed by atoms with van der Waals surface area (Å²) in [7, 11) is 0. The number of benzene rings is 1. The average Bonchev–Trinajstić information content (AvgIpc) is 3.30. The number of ether oxygens (including phenoxy) is 2. The fourth-order valence-corrected chi connectivity index (χ4v) is 4.12. The molecule has 1 aliphatic rings. The van der Waals surface area contributed by atoms with Gasteiger partial charge in [0.15, 0.2) is 0 Å². The van der Waals surface area contributed by atoms with E-state index in [2.05, 4.69) is 25.2 Å². The van der Waals surface area contributed by atoms with E-state index in [1.807, 2.05) is 0 Å². The summed E-state index contributed by atoms with van der Waals surface area (Å²) in [5.74, 6) is -0.249. The fourth-order valence-electron chi connectivity index (χ4n) is 4.12. The molecule has 1 N–H and O–H groups in total. The van der Waals surface area contributed by atoms with Gasteiger partial charge in [-0.2, -0.15) is 22.0 Å². The maximum absolute atomic E-state index is 13.1.